The van der Waals surface area contributed by atoms with Crippen LogP contribution >= 0.6 is 0 Å². The number of carbonyl (C=O) groups is 1. The van der Waals surface area contributed by atoms with Gasteiger partial charge in [0.1, 0.15) is 0 Å². The van der Waals surface area contributed by atoms with E-state index >= 15 is 0 Å². The second kappa shape index (κ2) is 5.64. The highest BCUT2D eigenvalue weighted by Crippen LogP contribution is 2.12. The van der Waals surface area contributed by atoms with Gasteiger partial charge in [-0.1, -0.05) is 12.8 Å². The number of rotatable bonds is 2. The summed E-state index contributed by atoms with van der Waals surface area (Å²) in [7, 11) is 0. The minimum Gasteiger partial charge on any atom is -0.392 e. The van der Waals surface area contributed by atoms with Crippen molar-refractivity contribution in [2.75, 3.05) is 32.7 Å². The fourth-order valence-electron chi connectivity index (χ4n) is 2.57. The van der Waals surface area contributed by atoms with E-state index < -0.39 is 0 Å². The molecule has 4 nitrogen and oxygen atoms in total. The molecule has 0 aromatic carbocycles. The molecule has 0 bridgehead atoms. The predicted molar refractivity (Wildman–Crippen MR) is 62.1 cm³/mol. The standard InChI is InChI=1S/C12H22N2O2/c15-11-5-8-13(9-11)10-12(16)14-6-3-1-2-4-7-14/h11,15H,1-10H2. The van der Waals surface area contributed by atoms with Gasteiger partial charge in [0.05, 0.1) is 12.6 Å². The third kappa shape index (κ3) is 3.19. The monoisotopic (exact) mass is 226 g/mol. The summed E-state index contributed by atoms with van der Waals surface area (Å²) in [5, 5.41) is 9.40. The highest BCUT2D eigenvalue weighted by Gasteiger charge is 2.24. The molecule has 0 saturated carbocycles. The van der Waals surface area contributed by atoms with Crippen LogP contribution in [0.2, 0.25) is 0 Å². The Kier molecular flexibility index (Phi) is 4.18. The molecule has 0 aromatic heterocycles. The molecule has 4 heteroatoms. The van der Waals surface area contributed by atoms with Crippen molar-refractivity contribution in [2.45, 2.75) is 38.2 Å². The van der Waals surface area contributed by atoms with E-state index in [4.69, 9.17) is 0 Å². The zero-order valence-electron chi connectivity index (χ0n) is 9.90. The van der Waals surface area contributed by atoms with Gasteiger partial charge in [-0.25, -0.2) is 0 Å². The van der Waals surface area contributed by atoms with Crippen molar-refractivity contribution < 1.29 is 9.90 Å². The van der Waals surface area contributed by atoms with E-state index in [0.717, 1.165) is 38.9 Å². The number of hydrogen-bond acceptors (Lipinski definition) is 3. The number of aliphatic hydroxyl groups is 1. The van der Waals surface area contributed by atoms with E-state index in [1.807, 2.05) is 4.90 Å². The van der Waals surface area contributed by atoms with Crippen LogP contribution in [0.3, 0.4) is 0 Å². The average Bonchev–Trinajstić information content (AvgIpc) is 2.56. The van der Waals surface area contributed by atoms with Gasteiger partial charge in [0, 0.05) is 26.2 Å². The lowest BCUT2D eigenvalue weighted by Gasteiger charge is -2.23. The summed E-state index contributed by atoms with van der Waals surface area (Å²) >= 11 is 0. The van der Waals surface area contributed by atoms with Crippen LogP contribution in [-0.4, -0.2) is 59.6 Å². The summed E-state index contributed by atoms with van der Waals surface area (Å²) in [6.45, 7) is 3.88. The van der Waals surface area contributed by atoms with Crippen molar-refractivity contribution in [3.05, 3.63) is 0 Å². The van der Waals surface area contributed by atoms with E-state index in [-0.39, 0.29) is 12.0 Å². The van der Waals surface area contributed by atoms with Gasteiger partial charge in [-0.2, -0.15) is 0 Å². The Labute approximate surface area is 97.2 Å². The Balaban J connectivity index is 1.77. The van der Waals surface area contributed by atoms with Crippen molar-refractivity contribution in [3.8, 4) is 0 Å². The molecule has 1 amide bonds. The first kappa shape index (κ1) is 11.9. The van der Waals surface area contributed by atoms with E-state index in [2.05, 4.69) is 4.90 Å². The van der Waals surface area contributed by atoms with Gasteiger partial charge in [-0.05, 0) is 19.3 Å². The zero-order valence-corrected chi connectivity index (χ0v) is 9.90. The summed E-state index contributed by atoms with van der Waals surface area (Å²) in [5.74, 6) is 0.246. The second-order valence-corrected chi connectivity index (χ2v) is 4.97. The van der Waals surface area contributed by atoms with Gasteiger partial charge in [0.15, 0.2) is 0 Å². The molecular weight excluding hydrogens is 204 g/mol. The fraction of sp³-hybridized carbons (Fsp3) is 0.917. The Morgan fingerprint density at radius 2 is 1.81 bits per heavy atom. The third-order valence-electron chi connectivity index (χ3n) is 3.57. The minimum absolute atomic E-state index is 0.225. The second-order valence-electron chi connectivity index (χ2n) is 4.97. The van der Waals surface area contributed by atoms with Gasteiger partial charge >= 0.3 is 0 Å². The number of nitrogens with zero attached hydrogens (tertiary/aromatic N) is 2. The number of carbonyl (C=O) groups excluding carboxylic acids is 1. The molecule has 1 N–H and O–H groups in total. The first-order chi connectivity index (χ1) is 7.75. The highest BCUT2D eigenvalue weighted by molar-refractivity contribution is 5.78. The van der Waals surface area contributed by atoms with E-state index in [1.54, 1.807) is 0 Å². The van der Waals surface area contributed by atoms with Crippen LogP contribution < -0.4 is 0 Å². The Hall–Kier alpha value is -0.610. The average molecular weight is 226 g/mol. The first-order valence-corrected chi connectivity index (χ1v) is 6.44. The molecule has 2 fully saturated rings. The van der Waals surface area contributed by atoms with Crippen LogP contribution in [0.25, 0.3) is 0 Å². The van der Waals surface area contributed by atoms with Crippen LogP contribution in [0.1, 0.15) is 32.1 Å². The van der Waals surface area contributed by atoms with Gasteiger partial charge in [0.25, 0.3) is 0 Å². The molecular formula is C12H22N2O2. The number of hydrogen-bond donors (Lipinski definition) is 1. The third-order valence-corrected chi connectivity index (χ3v) is 3.57. The van der Waals surface area contributed by atoms with Crippen molar-refractivity contribution >= 4 is 5.91 Å². The maximum absolute atomic E-state index is 12.0. The van der Waals surface area contributed by atoms with Crippen LogP contribution in [0.15, 0.2) is 0 Å². The topological polar surface area (TPSA) is 43.8 Å². The normalized spacial score (nSPS) is 28.1. The quantitative estimate of drug-likeness (QED) is 0.744. The van der Waals surface area contributed by atoms with Crippen LogP contribution in [-0.2, 0) is 4.79 Å². The maximum atomic E-state index is 12.0. The van der Waals surface area contributed by atoms with E-state index in [0.29, 0.717) is 13.1 Å². The molecule has 0 radical (unpaired) electrons. The SMILES string of the molecule is O=C(CN1CCC(O)C1)N1CCCCCC1. The molecule has 2 aliphatic heterocycles. The smallest absolute Gasteiger partial charge is 0.236 e. The summed E-state index contributed by atoms with van der Waals surface area (Å²) in [4.78, 5) is 16.1. The van der Waals surface area contributed by atoms with Crippen LogP contribution in [0.4, 0.5) is 0 Å². The van der Waals surface area contributed by atoms with Crippen molar-refractivity contribution in [1.82, 2.24) is 9.80 Å². The molecule has 2 aliphatic rings. The van der Waals surface area contributed by atoms with Gasteiger partial charge < -0.3 is 10.0 Å². The lowest BCUT2D eigenvalue weighted by molar-refractivity contribution is -0.132. The summed E-state index contributed by atoms with van der Waals surface area (Å²) in [5.41, 5.74) is 0. The van der Waals surface area contributed by atoms with Gasteiger partial charge in [-0.3, -0.25) is 9.69 Å². The number of likely N-dealkylation sites (tertiary alicyclic amines) is 2. The number of amides is 1. The molecule has 92 valence electrons. The molecule has 16 heavy (non-hydrogen) atoms. The maximum Gasteiger partial charge on any atom is 0.236 e. The highest BCUT2D eigenvalue weighted by atomic mass is 16.3. The number of aliphatic hydroxyl groups excluding tert-OH is 1. The minimum atomic E-state index is -0.225. The molecule has 0 aliphatic carbocycles. The van der Waals surface area contributed by atoms with E-state index in [9.17, 15) is 9.90 Å². The van der Waals surface area contributed by atoms with Crippen molar-refractivity contribution in [1.29, 1.82) is 0 Å². The molecule has 2 saturated heterocycles. The molecule has 2 heterocycles. The summed E-state index contributed by atoms with van der Waals surface area (Å²) in [6.07, 6.45) is 5.39. The Bertz CT molecular complexity index is 237. The first-order valence-electron chi connectivity index (χ1n) is 6.44. The van der Waals surface area contributed by atoms with Crippen LogP contribution in [0.5, 0.6) is 0 Å². The Morgan fingerprint density at radius 3 is 2.38 bits per heavy atom. The molecule has 1 atom stereocenters. The van der Waals surface area contributed by atoms with Crippen molar-refractivity contribution in [2.24, 2.45) is 0 Å². The predicted octanol–water partition coefficient (Wildman–Crippen LogP) is 0.456. The molecule has 2 rings (SSSR count). The Morgan fingerprint density at radius 1 is 1.12 bits per heavy atom. The molecule has 1 unspecified atom stereocenters. The zero-order chi connectivity index (χ0) is 11.4. The lowest BCUT2D eigenvalue weighted by Crippen LogP contribution is -2.40. The van der Waals surface area contributed by atoms with Gasteiger partial charge in [-0.15, -0.1) is 0 Å². The van der Waals surface area contributed by atoms with E-state index in [1.165, 1.54) is 12.8 Å². The number of β-amino-alcohol motifs (C(OH)–C–C–N with tert-alkyl or cyclic N) is 1. The summed E-state index contributed by atoms with van der Waals surface area (Å²) < 4.78 is 0. The molecule has 0 aromatic rings. The fourth-order valence-corrected chi connectivity index (χ4v) is 2.57. The lowest BCUT2D eigenvalue weighted by atomic mass is 10.2. The summed E-state index contributed by atoms with van der Waals surface area (Å²) in [6, 6.07) is 0. The van der Waals surface area contributed by atoms with Crippen molar-refractivity contribution in [3.63, 3.8) is 0 Å². The molecule has 0 spiro atoms. The largest absolute Gasteiger partial charge is 0.392 e. The van der Waals surface area contributed by atoms with Crippen LogP contribution in [0, 0.1) is 0 Å². The van der Waals surface area contributed by atoms with Gasteiger partial charge in [0.2, 0.25) is 5.91 Å².